The smallest absolute Gasteiger partial charge is 0.407 e. The molecule has 0 unspecified atom stereocenters. The summed E-state index contributed by atoms with van der Waals surface area (Å²) in [6.45, 7) is 9.14. The second-order valence-corrected chi connectivity index (χ2v) is 9.02. The zero-order valence-corrected chi connectivity index (χ0v) is 19.3. The van der Waals surface area contributed by atoms with Crippen molar-refractivity contribution in [2.45, 2.75) is 91.1 Å². The number of H-pyrrole nitrogens is 1. The zero-order chi connectivity index (χ0) is 21.8. The number of hydrogen-bond acceptors (Lipinski definition) is 3. The third kappa shape index (κ3) is 9.10. The predicted octanol–water partition coefficient (Wildman–Crippen LogP) is 6.75. The molecule has 0 spiro atoms. The molecule has 1 amide bonds. The van der Waals surface area contributed by atoms with E-state index in [1.807, 2.05) is 33.0 Å². The molecule has 168 valence electrons. The summed E-state index contributed by atoms with van der Waals surface area (Å²) in [5.74, 6) is 0.909. The maximum atomic E-state index is 11.8. The molecule has 1 aromatic heterocycles. The summed E-state index contributed by atoms with van der Waals surface area (Å²) in [7, 11) is 0. The second kappa shape index (κ2) is 12.5. The monoisotopic (exact) mass is 416 g/mol. The van der Waals surface area contributed by atoms with E-state index in [4.69, 9.17) is 9.47 Å². The van der Waals surface area contributed by atoms with Crippen LogP contribution < -0.4 is 10.1 Å². The number of rotatable bonds is 13. The average molecular weight is 417 g/mol. The molecule has 30 heavy (non-hydrogen) atoms. The molecule has 0 saturated heterocycles. The lowest BCUT2D eigenvalue weighted by molar-refractivity contribution is 0.0528. The number of hydrogen-bond donors (Lipinski definition) is 2. The van der Waals surface area contributed by atoms with Gasteiger partial charge in [0.2, 0.25) is 0 Å². The van der Waals surface area contributed by atoms with Gasteiger partial charge in [0.15, 0.2) is 0 Å². The Hall–Kier alpha value is -2.17. The van der Waals surface area contributed by atoms with E-state index in [2.05, 4.69) is 29.4 Å². The normalized spacial score (nSPS) is 11.6. The Labute approximate surface area is 181 Å². The van der Waals surface area contributed by atoms with E-state index < -0.39 is 5.60 Å². The molecule has 5 heteroatoms. The highest BCUT2D eigenvalue weighted by Crippen LogP contribution is 2.24. The van der Waals surface area contributed by atoms with Gasteiger partial charge in [-0.25, -0.2) is 4.79 Å². The predicted molar refractivity (Wildman–Crippen MR) is 124 cm³/mol. The molecular formula is C25H40N2O3. The molecule has 0 aliphatic rings. The third-order valence-electron chi connectivity index (χ3n) is 5.07. The van der Waals surface area contributed by atoms with E-state index in [0.29, 0.717) is 6.54 Å². The summed E-state index contributed by atoms with van der Waals surface area (Å²) < 4.78 is 11.3. The first-order chi connectivity index (χ1) is 14.4. The minimum atomic E-state index is -0.480. The zero-order valence-electron chi connectivity index (χ0n) is 19.3. The van der Waals surface area contributed by atoms with Crippen LogP contribution in [0.4, 0.5) is 4.79 Å². The first-order valence-electron chi connectivity index (χ1n) is 11.6. The molecule has 2 N–H and O–H groups in total. The van der Waals surface area contributed by atoms with Crippen molar-refractivity contribution in [3.05, 3.63) is 30.0 Å². The summed E-state index contributed by atoms with van der Waals surface area (Å²) in [6.07, 6.45) is 12.8. The molecule has 2 aromatic rings. The van der Waals surface area contributed by atoms with Gasteiger partial charge < -0.3 is 19.8 Å². The summed E-state index contributed by atoms with van der Waals surface area (Å²) in [5, 5.41) is 3.97. The topological polar surface area (TPSA) is 63.3 Å². The number of aromatic amines is 1. The minimum Gasteiger partial charge on any atom is -0.494 e. The van der Waals surface area contributed by atoms with Crippen LogP contribution >= 0.6 is 0 Å². The lowest BCUT2D eigenvalue weighted by Gasteiger charge is -2.19. The number of amides is 1. The molecule has 0 bridgehead atoms. The van der Waals surface area contributed by atoms with E-state index >= 15 is 0 Å². The SMILES string of the molecule is CCCCCCCCCCOc1ccc2[nH]cc(CCNC(=O)OC(C)(C)C)c2c1. The van der Waals surface area contributed by atoms with Crippen molar-refractivity contribution < 1.29 is 14.3 Å². The van der Waals surface area contributed by atoms with Crippen LogP contribution in [0.5, 0.6) is 5.75 Å². The fourth-order valence-corrected chi connectivity index (χ4v) is 3.49. The first kappa shape index (κ1) is 24.1. The number of aromatic nitrogens is 1. The highest BCUT2D eigenvalue weighted by atomic mass is 16.6. The van der Waals surface area contributed by atoms with Crippen LogP contribution in [0.3, 0.4) is 0 Å². The minimum absolute atomic E-state index is 0.378. The van der Waals surface area contributed by atoms with Gasteiger partial charge in [-0.3, -0.25) is 0 Å². The van der Waals surface area contributed by atoms with Crippen LogP contribution in [0.15, 0.2) is 24.4 Å². The molecule has 0 atom stereocenters. The summed E-state index contributed by atoms with van der Waals surface area (Å²) in [5.41, 5.74) is 1.77. The van der Waals surface area contributed by atoms with Gasteiger partial charge in [-0.2, -0.15) is 0 Å². The van der Waals surface area contributed by atoms with Crippen molar-refractivity contribution in [3.8, 4) is 5.75 Å². The van der Waals surface area contributed by atoms with Crippen LogP contribution in [0.2, 0.25) is 0 Å². The molecule has 0 aliphatic carbocycles. The number of alkyl carbamates (subject to hydrolysis) is 1. The van der Waals surface area contributed by atoms with Gasteiger partial charge in [0.05, 0.1) is 6.61 Å². The number of fused-ring (bicyclic) bond motifs is 1. The highest BCUT2D eigenvalue weighted by Gasteiger charge is 2.15. The second-order valence-electron chi connectivity index (χ2n) is 9.02. The number of carbonyl (C=O) groups is 1. The van der Waals surface area contributed by atoms with Crippen LogP contribution in [-0.4, -0.2) is 29.8 Å². The van der Waals surface area contributed by atoms with Crippen LogP contribution in [0.1, 0.15) is 84.6 Å². The lowest BCUT2D eigenvalue weighted by atomic mass is 10.1. The maximum absolute atomic E-state index is 11.8. The number of ether oxygens (including phenoxy) is 2. The Morgan fingerprint density at radius 3 is 2.43 bits per heavy atom. The highest BCUT2D eigenvalue weighted by molar-refractivity contribution is 5.84. The van der Waals surface area contributed by atoms with Crippen molar-refractivity contribution in [1.82, 2.24) is 10.3 Å². The van der Waals surface area contributed by atoms with E-state index in [1.54, 1.807) is 0 Å². The van der Waals surface area contributed by atoms with Gasteiger partial charge in [0.25, 0.3) is 0 Å². The van der Waals surface area contributed by atoms with Crippen molar-refractivity contribution in [1.29, 1.82) is 0 Å². The molecule has 1 heterocycles. The van der Waals surface area contributed by atoms with E-state index in [0.717, 1.165) is 36.1 Å². The Kier molecular flexibility index (Phi) is 10.0. The molecule has 0 fully saturated rings. The van der Waals surface area contributed by atoms with E-state index in [9.17, 15) is 4.79 Å². The van der Waals surface area contributed by atoms with Crippen LogP contribution in [-0.2, 0) is 11.2 Å². The molecule has 0 radical (unpaired) electrons. The van der Waals surface area contributed by atoms with Crippen molar-refractivity contribution in [3.63, 3.8) is 0 Å². The third-order valence-corrected chi connectivity index (χ3v) is 5.07. The summed E-state index contributed by atoms with van der Waals surface area (Å²) in [6, 6.07) is 6.18. The quantitative estimate of drug-likeness (QED) is 0.355. The van der Waals surface area contributed by atoms with Crippen LogP contribution in [0, 0.1) is 0 Å². The summed E-state index contributed by atoms with van der Waals surface area (Å²) in [4.78, 5) is 15.1. The molecule has 0 saturated carbocycles. The largest absolute Gasteiger partial charge is 0.494 e. The Bertz CT molecular complexity index is 761. The van der Waals surface area contributed by atoms with E-state index in [-0.39, 0.29) is 6.09 Å². The molecule has 5 nitrogen and oxygen atoms in total. The van der Waals surface area contributed by atoms with Gasteiger partial charge in [-0.1, -0.05) is 51.9 Å². The van der Waals surface area contributed by atoms with Gasteiger partial charge in [-0.15, -0.1) is 0 Å². The van der Waals surface area contributed by atoms with E-state index in [1.165, 1.54) is 50.5 Å². The van der Waals surface area contributed by atoms with Gasteiger partial charge in [0.1, 0.15) is 11.4 Å². The standard InChI is InChI=1S/C25H40N2O3/c1-5-6-7-8-9-10-11-12-17-29-21-13-14-23-22(18-21)20(19-27-23)15-16-26-24(28)30-25(2,3)4/h13-14,18-19,27H,5-12,15-17H2,1-4H3,(H,26,28). The van der Waals surface area contributed by atoms with Gasteiger partial charge in [0, 0.05) is 23.6 Å². The Morgan fingerprint density at radius 2 is 1.73 bits per heavy atom. The van der Waals surface area contributed by atoms with Crippen molar-refractivity contribution in [2.24, 2.45) is 0 Å². The molecule has 0 aliphatic heterocycles. The molecular weight excluding hydrogens is 376 g/mol. The number of carbonyl (C=O) groups excluding carboxylic acids is 1. The number of unbranched alkanes of at least 4 members (excludes halogenated alkanes) is 7. The average Bonchev–Trinajstić information content (AvgIpc) is 3.08. The first-order valence-corrected chi connectivity index (χ1v) is 11.6. The lowest BCUT2D eigenvalue weighted by Crippen LogP contribution is -2.33. The Morgan fingerprint density at radius 1 is 1.03 bits per heavy atom. The fraction of sp³-hybridized carbons (Fsp3) is 0.640. The number of benzene rings is 1. The fourth-order valence-electron chi connectivity index (χ4n) is 3.49. The van der Waals surface area contributed by atoms with Crippen molar-refractivity contribution in [2.75, 3.05) is 13.2 Å². The summed E-state index contributed by atoms with van der Waals surface area (Å²) >= 11 is 0. The maximum Gasteiger partial charge on any atom is 0.407 e. The van der Waals surface area contributed by atoms with Crippen molar-refractivity contribution >= 4 is 17.0 Å². The van der Waals surface area contributed by atoms with Gasteiger partial charge >= 0.3 is 6.09 Å². The van der Waals surface area contributed by atoms with Crippen LogP contribution in [0.25, 0.3) is 10.9 Å². The Balaban J connectivity index is 1.73. The molecule has 1 aromatic carbocycles. The number of nitrogens with one attached hydrogen (secondary N) is 2. The molecule has 2 rings (SSSR count). The van der Waals surface area contributed by atoms with Gasteiger partial charge in [-0.05, 0) is 57.4 Å².